The first-order chi connectivity index (χ1) is 10.9. The summed E-state index contributed by atoms with van der Waals surface area (Å²) in [6.07, 6.45) is 2.24. The van der Waals surface area contributed by atoms with Gasteiger partial charge in [-0.25, -0.2) is 4.68 Å². The summed E-state index contributed by atoms with van der Waals surface area (Å²) >= 11 is 0. The number of aromatic nitrogens is 5. The SMILES string of the molecule is CC(=O)Nc1cn(CC(=O)NCCc2c(C)nn(C)c2C)nn1. The van der Waals surface area contributed by atoms with Gasteiger partial charge in [-0.3, -0.25) is 14.3 Å². The average Bonchev–Trinajstić information content (AvgIpc) is 2.97. The number of nitrogens with zero attached hydrogens (tertiary/aromatic N) is 5. The molecule has 2 aromatic heterocycles. The lowest BCUT2D eigenvalue weighted by Gasteiger charge is -2.05. The van der Waals surface area contributed by atoms with Crippen LogP contribution in [0.25, 0.3) is 0 Å². The van der Waals surface area contributed by atoms with E-state index in [0.29, 0.717) is 12.4 Å². The number of rotatable bonds is 6. The van der Waals surface area contributed by atoms with Gasteiger partial charge < -0.3 is 10.6 Å². The van der Waals surface area contributed by atoms with Crippen LogP contribution >= 0.6 is 0 Å². The van der Waals surface area contributed by atoms with Crippen LogP contribution < -0.4 is 10.6 Å². The van der Waals surface area contributed by atoms with Gasteiger partial charge in [0.1, 0.15) is 6.54 Å². The zero-order valence-electron chi connectivity index (χ0n) is 13.8. The van der Waals surface area contributed by atoms with Crippen LogP contribution in [0.5, 0.6) is 0 Å². The summed E-state index contributed by atoms with van der Waals surface area (Å²) in [5, 5.41) is 17.2. The van der Waals surface area contributed by atoms with E-state index in [4.69, 9.17) is 0 Å². The van der Waals surface area contributed by atoms with Crippen molar-refractivity contribution in [1.82, 2.24) is 30.1 Å². The van der Waals surface area contributed by atoms with Crippen LogP contribution in [0.3, 0.4) is 0 Å². The number of carbonyl (C=O) groups is 2. The van der Waals surface area contributed by atoms with Crippen molar-refractivity contribution < 1.29 is 9.59 Å². The van der Waals surface area contributed by atoms with Crippen molar-refractivity contribution in [3.05, 3.63) is 23.1 Å². The molecule has 0 spiro atoms. The lowest BCUT2D eigenvalue weighted by atomic mass is 10.1. The van der Waals surface area contributed by atoms with Crippen LogP contribution in [0.2, 0.25) is 0 Å². The monoisotopic (exact) mass is 319 g/mol. The van der Waals surface area contributed by atoms with Crippen LogP contribution in [0.4, 0.5) is 5.82 Å². The molecule has 124 valence electrons. The highest BCUT2D eigenvalue weighted by Gasteiger charge is 2.10. The van der Waals surface area contributed by atoms with E-state index in [2.05, 4.69) is 26.0 Å². The minimum atomic E-state index is -0.233. The topological polar surface area (TPSA) is 107 Å². The molecule has 0 saturated heterocycles. The molecule has 9 nitrogen and oxygen atoms in total. The fraction of sp³-hybridized carbons (Fsp3) is 0.500. The van der Waals surface area contributed by atoms with Gasteiger partial charge in [0.25, 0.3) is 0 Å². The second-order valence-electron chi connectivity index (χ2n) is 5.36. The third-order valence-electron chi connectivity index (χ3n) is 3.50. The summed E-state index contributed by atoms with van der Waals surface area (Å²) in [5.74, 6) is -0.0703. The highest BCUT2D eigenvalue weighted by Crippen LogP contribution is 2.11. The molecule has 2 rings (SSSR count). The van der Waals surface area contributed by atoms with Gasteiger partial charge in [0, 0.05) is 26.2 Å². The van der Waals surface area contributed by atoms with Gasteiger partial charge in [0.05, 0.1) is 11.9 Å². The largest absolute Gasteiger partial charge is 0.354 e. The summed E-state index contributed by atoms with van der Waals surface area (Å²) < 4.78 is 3.21. The molecule has 2 amide bonds. The van der Waals surface area contributed by atoms with E-state index in [0.717, 1.165) is 23.4 Å². The highest BCUT2D eigenvalue weighted by molar-refractivity contribution is 5.87. The van der Waals surface area contributed by atoms with Crippen LogP contribution in [-0.4, -0.2) is 43.1 Å². The Hall–Kier alpha value is -2.71. The minimum absolute atomic E-state index is 0.0532. The Morgan fingerprint density at radius 2 is 2.04 bits per heavy atom. The number of hydrogen-bond acceptors (Lipinski definition) is 5. The Bertz CT molecular complexity index is 717. The third kappa shape index (κ3) is 4.38. The van der Waals surface area contributed by atoms with Crippen LogP contribution in [-0.2, 0) is 29.6 Å². The van der Waals surface area contributed by atoms with Gasteiger partial charge in [0.15, 0.2) is 5.82 Å². The van der Waals surface area contributed by atoms with E-state index in [1.165, 1.54) is 17.8 Å². The summed E-state index contributed by atoms with van der Waals surface area (Å²) in [6.45, 7) is 5.93. The molecule has 9 heteroatoms. The molecule has 2 heterocycles. The third-order valence-corrected chi connectivity index (χ3v) is 3.50. The zero-order valence-corrected chi connectivity index (χ0v) is 13.8. The number of aryl methyl sites for hydroxylation is 2. The Kier molecular flexibility index (Phi) is 5.09. The molecule has 2 aromatic rings. The molecule has 0 unspecified atom stereocenters. The molecule has 0 aliphatic carbocycles. The normalized spacial score (nSPS) is 10.6. The fourth-order valence-corrected chi connectivity index (χ4v) is 2.32. The summed E-state index contributed by atoms with van der Waals surface area (Å²) in [7, 11) is 1.90. The molecule has 0 fully saturated rings. The van der Waals surface area contributed by atoms with Crippen molar-refractivity contribution in [3.63, 3.8) is 0 Å². The van der Waals surface area contributed by atoms with Crippen LogP contribution in [0, 0.1) is 13.8 Å². The van der Waals surface area contributed by atoms with E-state index in [1.807, 2.05) is 25.6 Å². The molecular weight excluding hydrogens is 298 g/mol. The highest BCUT2D eigenvalue weighted by atomic mass is 16.2. The summed E-state index contributed by atoms with van der Waals surface area (Å²) in [4.78, 5) is 22.8. The molecule has 2 N–H and O–H groups in total. The van der Waals surface area contributed by atoms with Gasteiger partial charge >= 0.3 is 0 Å². The number of anilines is 1. The molecule has 0 aromatic carbocycles. The van der Waals surface area contributed by atoms with Crippen LogP contribution in [0.1, 0.15) is 23.9 Å². The first kappa shape index (κ1) is 16.7. The van der Waals surface area contributed by atoms with Crippen molar-refractivity contribution in [1.29, 1.82) is 0 Å². The second kappa shape index (κ2) is 7.03. The van der Waals surface area contributed by atoms with E-state index in [9.17, 15) is 9.59 Å². The summed E-state index contributed by atoms with van der Waals surface area (Å²) in [5.41, 5.74) is 3.24. The maximum Gasteiger partial charge on any atom is 0.241 e. The molecule has 0 bridgehead atoms. The fourth-order valence-electron chi connectivity index (χ4n) is 2.32. The average molecular weight is 319 g/mol. The van der Waals surface area contributed by atoms with Crippen molar-refractivity contribution >= 4 is 17.6 Å². The first-order valence-corrected chi connectivity index (χ1v) is 7.30. The van der Waals surface area contributed by atoms with Crippen molar-refractivity contribution in [2.75, 3.05) is 11.9 Å². The van der Waals surface area contributed by atoms with E-state index >= 15 is 0 Å². The van der Waals surface area contributed by atoms with Crippen molar-refractivity contribution in [2.24, 2.45) is 7.05 Å². The van der Waals surface area contributed by atoms with E-state index < -0.39 is 0 Å². The molecule has 23 heavy (non-hydrogen) atoms. The number of nitrogens with one attached hydrogen (secondary N) is 2. The standard InChI is InChI=1S/C14H21N7O2/c1-9-12(10(2)20(4)18-9)5-6-15-14(23)8-21-7-13(17-19-21)16-11(3)22/h7H,5-6,8H2,1-4H3,(H,15,23)(H,16,22). The Morgan fingerprint density at radius 1 is 1.30 bits per heavy atom. The molecule has 0 atom stereocenters. The molecule has 0 radical (unpaired) electrons. The first-order valence-electron chi connectivity index (χ1n) is 7.30. The van der Waals surface area contributed by atoms with Gasteiger partial charge in [0.2, 0.25) is 11.8 Å². The van der Waals surface area contributed by atoms with E-state index in [-0.39, 0.29) is 18.4 Å². The molecular formula is C14H21N7O2. The smallest absolute Gasteiger partial charge is 0.241 e. The predicted molar refractivity (Wildman–Crippen MR) is 83.7 cm³/mol. The quantitative estimate of drug-likeness (QED) is 0.776. The predicted octanol–water partition coefficient (Wildman–Crippen LogP) is -0.0543. The number of hydrogen-bond donors (Lipinski definition) is 2. The maximum absolute atomic E-state index is 11.9. The maximum atomic E-state index is 11.9. The van der Waals surface area contributed by atoms with Crippen molar-refractivity contribution in [2.45, 2.75) is 33.7 Å². The lowest BCUT2D eigenvalue weighted by Crippen LogP contribution is -2.29. The van der Waals surface area contributed by atoms with Gasteiger partial charge in [-0.1, -0.05) is 5.21 Å². The lowest BCUT2D eigenvalue weighted by molar-refractivity contribution is -0.121. The van der Waals surface area contributed by atoms with Gasteiger partial charge in [-0.05, 0) is 25.8 Å². The Labute approximate surface area is 134 Å². The van der Waals surface area contributed by atoms with Gasteiger partial charge in [-0.2, -0.15) is 5.10 Å². The summed E-state index contributed by atoms with van der Waals surface area (Å²) in [6, 6.07) is 0. The zero-order chi connectivity index (χ0) is 17.0. The number of carbonyl (C=O) groups excluding carboxylic acids is 2. The Morgan fingerprint density at radius 3 is 2.65 bits per heavy atom. The van der Waals surface area contributed by atoms with E-state index in [1.54, 1.807) is 0 Å². The van der Waals surface area contributed by atoms with Crippen LogP contribution in [0.15, 0.2) is 6.20 Å². The molecule has 0 aliphatic heterocycles. The minimum Gasteiger partial charge on any atom is -0.354 e. The van der Waals surface area contributed by atoms with Crippen molar-refractivity contribution in [3.8, 4) is 0 Å². The molecule has 0 saturated carbocycles. The molecule has 0 aliphatic rings. The number of amides is 2. The second-order valence-corrected chi connectivity index (χ2v) is 5.36. The Balaban J connectivity index is 1.81. The van der Waals surface area contributed by atoms with Gasteiger partial charge in [-0.15, -0.1) is 5.10 Å².